The molecule has 38 nitrogen and oxygen atoms in total. The van der Waals surface area contributed by atoms with Crippen molar-refractivity contribution in [2.45, 2.75) is 203 Å². The van der Waals surface area contributed by atoms with E-state index in [-0.39, 0.29) is 114 Å². The van der Waals surface area contributed by atoms with Crippen LogP contribution in [-0.2, 0) is 86.3 Å². The molecule has 21 N–H and O–H groups in total. The van der Waals surface area contributed by atoms with E-state index in [0.717, 1.165) is 6.92 Å². The molecule has 4 aliphatic rings. The molecule has 8 rings (SSSR count). The number of guanidine groups is 1. The number of benzene rings is 2. The van der Waals surface area contributed by atoms with Gasteiger partial charge in [-0.25, -0.2) is 15.2 Å². The summed E-state index contributed by atoms with van der Waals surface area (Å²) in [7, 11) is 0. The van der Waals surface area contributed by atoms with Crippen LogP contribution in [0.1, 0.15) is 129 Å². The van der Waals surface area contributed by atoms with Gasteiger partial charge in [0.2, 0.25) is 65.0 Å². The van der Waals surface area contributed by atoms with E-state index in [1.165, 1.54) is 51.5 Å². The summed E-state index contributed by atoms with van der Waals surface area (Å²) in [5, 5.41) is 50.5. The third-order valence-corrected chi connectivity index (χ3v) is 18.5. The summed E-state index contributed by atoms with van der Waals surface area (Å²) < 4.78 is 6.09. The van der Waals surface area contributed by atoms with E-state index in [2.05, 4.69) is 67.9 Å². The first-order chi connectivity index (χ1) is 51.7. The van der Waals surface area contributed by atoms with Crippen molar-refractivity contribution in [3.05, 3.63) is 84.1 Å². The lowest BCUT2D eigenvalue weighted by Crippen LogP contribution is -2.62. The highest BCUT2D eigenvalue weighted by molar-refractivity contribution is 6.01. The standard InChI is InChI=1S/C69H98N20O16.C2H4O2/c1-37(2)28-46(57(94)78-45(14-8-24-74-67(70)71)64(101)88-26-10-16-53(88)66(103)89-27-11-17-54(89)65(102)87-25-9-15-52(87)63(100)85-86-68(72)104)79-62(99)51(35-105-69(3,4)5)84-58(95)47(29-38-18-20-41(91)21-19-38)80-61(98)50(34-90)83-59(96)48(30-39-32-75-43-13-7-6-12-42(39)43)81-60(97)49(31-40-33-73-36-76-40)82-56(93)44-22-23-55(92)77-44;1-2(3)4/h6-7,12-13,18-21,32-33,36-37,44-54,75,90-91H,8-11,14-17,22-31,34-35H2,1-5H3,(H,73,76)(H,77,92)(H,78,94)(H,79,99)(H,80,98)(H,81,97)(H,82,93)(H,83,96)(H,84,95)(H,85,100)(H4,70,71,74)(H3,72,86,104);1H3,(H,3,4)/t44-,45-,46-,47-,48-,49-,50-,51+,52-,53-,54-;/m0./s1. The van der Waals surface area contributed by atoms with E-state index in [9.17, 15) is 67.7 Å². The zero-order valence-corrected chi connectivity index (χ0v) is 61.9. The molecular weight excluding hydrogens is 1420 g/mol. The van der Waals surface area contributed by atoms with Gasteiger partial charge in [-0.05, 0) is 120 Å². The second kappa shape index (κ2) is 40.0. The molecule has 4 aliphatic heterocycles. The summed E-state index contributed by atoms with van der Waals surface area (Å²) >= 11 is 0. The number of rotatable bonds is 33. The molecule has 4 aromatic rings. The number of primary amides is 1. The van der Waals surface area contributed by atoms with Crippen molar-refractivity contribution in [1.29, 1.82) is 0 Å². The zero-order valence-electron chi connectivity index (χ0n) is 61.9. The highest BCUT2D eigenvalue weighted by Crippen LogP contribution is 2.30. The lowest BCUT2D eigenvalue weighted by Gasteiger charge is -2.35. The molecule has 38 heteroatoms. The number of ether oxygens (including phenoxy) is 1. The maximum absolute atomic E-state index is 15.0. The monoisotopic (exact) mass is 1520 g/mol. The van der Waals surface area contributed by atoms with E-state index in [1.807, 2.05) is 5.43 Å². The number of H-pyrrole nitrogens is 2. The summed E-state index contributed by atoms with van der Waals surface area (Å²) in [6.45, 7) is 8.69. The van der Waals surface area contributed by atoms with Crippen LogP contribution in [0.25, 0.3) is 10.9 Å². The number of aromatic amines is 2. The first kappa shape index (κ1) is 84.8. The summed E-state index contributed by atoms with van der Waals surface area (Å²) in [5.74, 6) is -10.4. The molecule has 594 valence electrons. The minimum atomic E-state index is -1.82. The van der Waals surface area contributed by atoms with Crippen molar-refractivity contribution < 1.29 is 87.2 Å². The van der Waals surface area contributed by atoms with Gasteiger partial charge in [-0.3, -0.25) is 72.7 Å². The Morgan fingerprint density at radius 2 is 1.17 bits per heavy atom. The molecule has 0 spiro atoms. The molecule has 0 saturated carbocycles. The Hall–Kier alpha value is -11.4. The molecule has 2 aromatic heterocycles. The molecule has 109 heavy (non-hydrogen) atoms. The molecular formula is C71H102N20O18. The second-order valence-corrected chi connectivity index (χ2v) is 28.6. The van der Waals surface area contributed by atoms with Gasteiger partial charge in [0.15, 0.2) is 5.96 Å². The molecule has 4 fully saturated rings. The van der Waals surface area contributed by atoms with Gasteiger partial charge >= 0.3 is 6.03 Å². The van der Waals surface area contributed by atoms with Gasteiger partial charge in [0.1, 0.15) is 72.2 Å². The van der Waals surface area contributed by atoms with Gasteiger partial charge in [-0.2, -0.15) is 0 Å². The van der Waals surface area contributed by atoms with Crippen LogP contribution in [0.15, 0.2) is 72.2 Å². The smallest absolute Gasteiger partial charge is 0.330 e. The summed E-state index contributed by atoms with van der Waals surface area (Å²) in [4.78, 5) is 210. The summed E-state index contributed by atoms with van der Waals surface area (Å²) in [5.41, 5.74) is 21.8. The number of carbonyl (C=O) groups excluding carboxylic acids is 13. The third kappa shape index (κ3) is 25.3. The van der Waals surface area contributed by atoms with Crippen molar-refractivity contribution in [2.24, 2.45) is 28.1 Å². The largest absolute Gasteiger partial charge is 0.508 e. The van der Waals surface area contributed by atoms with E-state index < -0.39 is 162 Å². The molecule has 0 aliphatic carbocycles. The number of para-hydroxylation sites is 1. The number of aliphatic imine (C=N–C) groups is 1. The number of phenols is 1. The number of nitrogens with two attached hydrogens (primary N) is 3. The fourth-order valence-electron chi connectivity index (χ4n) is 13.2. The number of aromatic hydroxyl groups is 1. The Bertz CT molecular complexity index is 3910. The average molecular weight is 1520 g/mol. The van der Waals surface area contributed by atoms with Crippen LogP contribution in [0.4, 0.5) is 4.79 Å². The number of carbonyl (C=O) groups is 14. The molecule has 14 amide bonds. The lowest BCUT2D eigenvalue weighted by molar-refractivity contribution is -0.151. The number of aromatic nitrogens is 3. The van der Waals surface area contributed by atoms with E-state index in [4.69, 9.17) is 31.8 Å². The number of hydrazine groups is 1. The van der Waals surface area contributed by atoms with E-state index in [1.54, 1.807) is 65.1 Å². The molecule has 0 bridgehead atoms. The number of hydrogen-bond donors (Lipinski definition) is 18. The fraction of sp³-hybridized carbons (Fsp3) is 0.549. The van der Waals surface area contributed by atoms with Gasteiger partial charge in [0, 0.05) is 87.8 Å². The van der Waals surface area contributed by atoms with Crippen molar-refractivity contribution >= 4 is 99.7 Å². The molecule has 11 atom stereocenters. The number of hydrogen-bond acceptors (Lipinski definition) is 19. The van der Waals surface area contributed by atoms with Crippen molar-refractivity contribution in [3.63, 3.8) is 0 Å². The Labute approximate surface area is 628 Å². The number of nitrogens with one attached hydrogen (secondary N) is 12. The number of aliphatic hydroxyl groups excluding tert-OH is 1. The third-order valence-electron chi connectivity index (χ3n) is 18.5. The molecule has 2 aromatic carbocycles. The van der Waals surface area contributed by atoms with Crippen LogP contribution in [0.5, 0.6) is 5.75 Å². The number of fused-ring (bicyclic) bond motifs is 1. The summed E-state index contributed by atoms with van der Waals surface area (Å²) in [6.07, 6.45) is 6.26. The Morgan fingerprint density at radius 1 is 0.642 bits per heavy atom. The number of carboxylic acid groups (broad SMARTS) is 1. The molecule has 6 heterocycles. The van der Waals surface area contributed by atoms with Crippen molar-refractivity contribution in [1.82, 2.24) is 83.0 Å². The number of nitrogens with zero attached hydrogens (tertiary/aromatic N) is 5. The number of aliphatic hydroxyl groups is 1. The summed E-state index contributed by atoms with van der Waals surface area (Å²) in [6, 6.07) is -2.80. The number of likely N-dealkylation sites (tertiary alicyclic amines) is 3. The van der Waals surface area contributed by atoms with Crippen LogP contribution in [0.2, 0.25) is 0 Å². The maximum atomic E-state index is 15.0. The van der Waals surface area contributed by atoms with Crippen LogP contribution >= 0.6 is 0 Å². The van der Waals surface area contributed by atoms with E-state index in [0.29, 0.717) is 53.4 Å². The number of carboxylic acids is 1. The number of amides is 14. The van der Waals surface area contributed by atoms with Crippen LogP contribution < -0.4 is 70.6 Å². The van der Waals surface area contributed by atoms with Crippen LogP contribution in [-0.4, -0.2) is 245 Å². The number of imidazole rings is 1. The molecule has 0 radical (unpaired) electrons. The SMILES string of the molecule is CC(=O)O.CC(C)C[C@H](NC(=O)[C@@H](COC(C)(C)C)NC(=O)[C@H](Cc1ccc(O)cc1)NC(=O)[C@H](CO)NC(=O)[C@H](Cc1c[nH]c2ccccc12)NC(=O)[C@H](Cc1cnc[nH]1)NC(=O)[C@@H]1CCC(=O)N1)C(=O)N[C@@H](CCCN=C(N)N)C(=O)N1CCC[C@H]1C(=O)N1CCC[C@H]1C(=O)N1CCC[C@H]1C(=O)NNC(N)=O. The lowest BCUT2D eigenvalue weighted by atomic mass is 10.0. The normalized spacial score (nSPS) is 18.7. The zero-order chi connectivity index (χ0) is 79.8. The maximum Gasteiger partial charge on any atom is 0.330 e. The first-order valence-corrected chi connectivity index (χ1v) is 36.2. The minimum absolute atomic E-state index is 0.0204. The highest BCUT2D eigenvalue weighted by Gasteiger charge is 2.47. The predicted molar refractivity (Wildman–Crippen MR) is 391 cm³/mol. The number of phenolic OH excluding ortho intramolecular Hbond substituents is 1. The Morgan fingerprint density at radius 3 is 1.75 bits per heavy atom. The van der Waals surface area contributed by atoms with E-state index >= 15 is 4.79 Å². The fourth-order valence-corrected chi connectivity index (χ4v) is 13.2. The average Bonchev–Trinajstić information content (AvgIpc) is 1.66. The van der Waals surface area contributed by atoms with Gasteiger partial charge in [-0.1, -0.05) is 44.2 Å². The molecule has 4 saturated heterocycles. The Kier molecular flexibility index (Phi) is 31.1. The van der Waals surface area contributed by atoms with Crippen molar-refractivity contribution in [3.8, 4) is 5.75 Å². The van der Waals surface area contributed by atoms with Gasteiger partial charge in [0.25, 0.3) is 11.9 Å². The number of aliphatic carboxylic acids is 1. The minimum Gasteiger partial charge on any atom is -0.508 e. The van der Waals surface area contributed by atoms with Crippen LogP contribution in [0, 0.1) is 5.92 Å². The number of urea groups is 1. The predicted octanol–water partition coefficient (Wildman–Crippen LogP) is -3.03. The van der Waals surface area contributed by atoms with Crippen molar-refractivity contribution in [2.75, 3.05) is 39.4 Å². The van der Waals surface area contributed by atoms with Gasteiger partial charge in [-0.15, -0.1) is 0 Å². The van der Waals surface area contributed by atoms with Crippen LogP contribution in [0.3, 0.4) is 0 Å². The van der Waals surface area contributed by atoms with Gasteiger partial charge in [0.05, 0.1) is 25.1 Å². The first-order valence-electron chi connectivity index (χ1n) is 36.2. The topological polar surface area (TPSA) is 574 Å². The second-order valence-electron chi connectivity index (χ2n) is 28.6. The quantitative estimate of drug-likeness (QED) is 0.00976. The van der Waals surface area contributed by atoms with Gasteiger partial charge < -0.3 is 104 Å². The highest BCUT2D eigenvalue weighted by atomic mass is 16.5. The Balaban J connectivity index is 0.00000403. The molecule has 0 unspecified atom stereocenters.